The van der Waals surface area contributed by atoms with Crippen LogP contribution in [-0.4, -0.2) is 11.9 Å². The zero-order valence-electron chi connectivity index (χ0n) is 9.67. The molecule has 1 aliphatic rings. The van der Waals surface area contributed by atoms with E-state index in [1.807, 2.05) is 24.3 Å². The Balaban J connectivity index is 1.93. The molecule has 5 heteroatoms. The van der Waals surface area contributed by atoms with Crippen LogP contribution in [0.1, 0.15) is 11.3 Å². The van der Waals surface area contributed by atoms with Crippen LogP contribution in [0, 0.1) is 3.57 Å². The Hall–Kier alpha value is -1.89. The van der Waals surface area contributed by atoms with E-state index in [0.717, 1.165) is 9.13 Å². The smallest absolute Gasteiger partial charge is 0.363 e. The number of furan rings is 1. The zero-order valence-corrected chi connectivity index (χ0v) is 11.8. The first-order valence-electron chi connectivity index (χ1n) is 5.54. The normalized spacial score (nSPS) is 16.6. The number of ether oxygens (including phenoxy) is 1. The lowest BCUT2D eigenvalue weighted by atomic mass is 10.2. The number of esters is 1. The quantitative estimate of drug-likeness (QED) is 0.467. The number of rotatable bonds is 2. The molecule has 0 aliphatic carbocycles. The minimum absolute atomic E-state index is 0.239. The minimum atomic E-state index is -0.468. The second-order valence-electron chi connectivity index (χ2n) is 3.86. The van der Waals surface area contributed by atoms with Gasteiger partial charge in [0.2, 0.25) is 5.90 Å². The maximum absolute atomic E-state index is 11.7. The Morgan fingerprint density at radius 2 is 1.95 bits per heavy atom. The van der Waals surface area contributed by atoms with Gasteiger partial charge in [-0.25, -0.2) is 9.79 Å². The predicted octanol–water partition coefficient (Wildman–Crippen LogP) is 3.23. The average Bonchev–Trinajstić information content (AvgIpc) is 3.02. The molecule has 2 heterocycles. The summed E-state index contributed by atoms with van der Waals surface area (Å²) in [4.78, 5) is 15.9. The monoisotopic (exact) mass is 365 g/mol. The Morgan fingerprint density at radius 3 is 2.63 bits per heavy atom. The second kappa shape index (κ2) is 5.00. The second-order valence-corrected chi connectivity index (χ2v) is 5.10. The molecule has 0 radical (unpaired) electrons. The lowest BCUT2D eigenvalue weighted by molar-refractivity contribution is -0.129. The highest BCUT2D eigenvalue weighted by Gasteiger charge is 2.24. The molecule has 0 spiro atoms. The number of nitrogens with zero attached hydrogens (tertiary/aromatic N) is 1. The maximum Gasteiger partial charge on any atom is 0.363 e. The zero-order chi connectivity index (χ0) is 13.2. The van der Waals surface area contributed by atoms with Crippen molar-refractivity contribution < 1.29 is 13.9 Å². The highest BCUT2D eigenvalue weighted by molar-refractivity contribution is 14.1. The fourth-order valence-corrected chi connectivity index (χ4v) is 1.99. The first kappa shape index (κ1) is 12.2. The minimum Gasteiger partial charge on any atom is -0.465 e. The Bertz CT molecular complexity index is 669. The molecule has 0 saturated heterocycles. The van der Waals surface area contributed by atoms with Crippen molar-refractivity contribution in [1.82, 2.24) is 0 Å². The molecule has 1 aliphatic heterocycles. The van der Waals surface area contributed by atoms with Gasteiger partial charge in [0.15, 0.2) is 5.70 Å². The number of hydrogen-bond donors (Lipinski definition) is 0. The van der Waals surface area contributed by atoms with E-state index in [0.29, 0.717) is 11.7 Å². The number of cyclic esters (lactones) is 1. The van der Waals surface area contributed by atoms with E-state index in [1.165, 1.54) is 6.26 Å². The molecular formula is C14H8INO3. The number of carbonyl (C=O) groups excluding carboxylic acids is 1. The Morgan fingerprint density at radius 1 is 1.16 bits per heavy atom. The molecule has 0 N–H and O–H groups in total. The topological polar surface area (TPSA) is 51.8 Å². The number of aliphatic imine (C=N–C) groups is 1. The summed E-state index contributed by atoms with van der Waals surface area (Å²) in [7, 11) is 0. The van der Waals surface area contributed by atoms with Gasteiger partial charge in [0, 0.05) is 15.2 Å². The van der Waals surface area contributed by atoms with E-state index >= 15 is 0 Å². The van der Waals surface area contributed by atoms with Gasteiger partial charge < -0.3 is 9.15 Å². The molecule has 0 amide bonds. The Labute approximate surface area is 122 Å². The molecule has 3 rings (SSSR count). The summed E-state index contributed by atoms with van der Waals surface area (Å²) in [6, 6.07) is 11.1. The first-order valence-corrected chi connectivity index (χ1v) is 6.62. The van der Waals surface area contributed by atoms with Gasteiger partial charge >= 0.3 is 5.97 Å². The molecular weight excluding hydrogens is 357 g/mol. The molecule has 0 bridgehead atoms. The molecule has 1 aromatic carbocycles. The van der Waals surface area contributed by atoms with Gasteiger partial charge in [-0.15, -0.1) is 0 Å². The third-order valence-electron chi connectivity index (χ3n) is 2.53. The molecule has 2 aromatic rings. The van der Waals surface area contributed by atoms with Crippen LogP contribution in [0.2, 0.25) is 0 Å². The van der Waals surface area contributed by atoms with Crippen molar-refractivity contribution in [3.63, 3.8) is 0 Å². The number of halogens is 1. The lowest BCUT2D eigenvalue weighted by Crippen LogP contribution is -2.05. The fourth-order valence-electron chi connectivity index (χ4n) is 1.63. The summed E-state index contributed by atoms with van der Waals surface area (Å²) in [6.07, 6.45) is 3.10. The molecule has 1 aromatic heterocycles. The molecule has 0 saturated carbocycles. The van der Waals surface area contributed by atoms with E-state index in [4.69, 9.17) is 9.15 Å². The summed E-state index contributed by atoms with van der Waals surface area (Å²) in [5.41, 5.74) is 1.01. The maximum atomic E-state index is 11.7. The third kappa shape index (κ3) is 2.60. The lowest BCUT2D eigenvalue weighted by Gasteiger charge is -1.98. The number of benzene rings is 1. The van der Waals surface area contributed by atoms with Gasteiger partial charge in [0.05, 0.1) is 6.26 Å². The van der Waals surface area contributed by atoms with Gasteiger partial charge in [-0.2, -0.15) is 0 Å². The Kier molecular flexibility index (Phi) is 3.20. The van der Waals surface area contributed by atoms with E-state index in [2.05, 4.69) is 27.6 Å². The van der Waals surface area contributed by atoms with Crippen LogP contribution in [0.5, 0.6) is 0 Å². The van der Waals surface area contributed by atoms with Crippen LogP contribution in [-0.2, 0) is 9.53 Å². The van der Waals surface area contributed by atoms with Gasteiger partial charge in [0.25, 0.3) is 0 Å². The van der Waals surface area contributed by atoms with Crippen molar-refractivity contribution in [3.8, 4) is 0 Å². The van der Waals surface area contributed by atoms with Crippen molar-refractivity contribution >= 4 is 40.5 Å². The van der Waals surface area contributed by atoms with Crippen LogP contribution in [0.15, 0.2) is 57.8 Å². The summed E-state index contributed by atoms with van der Waals surface area (Å²) in [6.45, 7) is 0. The number of hydrogen-bond acceptors (Lipinski definition) is 4. The van der Waals surface area contributed by atoms with Gasteiger partial charge in [0.1, 0.15) is 5.76 Å². The molecule has 19 heavy (non-hydrogen) atoms. The van der Waals surface area contributed by atoms with Gasteiger partial charge in [-0.3, -0.25) is 0 Å². The highest BCUT2D eigenvalue weighted by Crippen LogP contribution is 2.19. The van der Waals surface area contributed by atoms with Gasteiger partial charge in [-0.1, -0.05) is 0 Å². The van der Waals surface area contributed by atoms with Crippen molar-refractivity contribution in [1.29, 1.82) is 0 Å². The summed E-state index contributed by atoms with van der Waals surface area (Å²) in [5.74, 6) is 0.420. The molecule has 94 valence electrons. The highest BCUT2D eigenvalue weighted by atomic mass is 127. The standard InChI is InChI=1S/C14H8INO3/c15-10-5-3-9(4-6-10)13-16-12(14(17)19-13)8-11-2-1-7-18-11/h1-8H. The summed E-state index contributed by atoms with van der Waals surface area (Å²) < 4.78 is 11.4. The molecule has 0 fully saturated rings. The van der Waals surface area contributed by atoms with E-state index in [-0.39, 0.29) is 5.70 Å². The van der Waals surface area contributed by atoms with E-state index in [1.54, 1.807) is 18.2 Å². The average molecular weight is 365 g/mol. The molecule has 4 nitrogen and oxygen atoms in total. The molecule has 0 unspecified atom stereocenters. The first-order chi connectivity index (χ1) is 9.22. The SMILES string of the molecule is O=C1OC(c2ccc(I)cc2)=NC1=Cc1ccco1. The fraction of sp³-hybridized carbons (Fsp3) is 0. The largest absolute Gasteiger partial charge is 0.465 e. The predicted molar refractivity (Wildman–Crippen MR) is 78.5 cm³/mol. The van der Waals surface area contributed by atoms with Crippen LogP contribution in [0.25, 0.3) is 6.08 Å². The molecule has 0 atom stereocenters. The third-order valence-corrected chi connectivity index (χ3v) is 3.25. The van der Waals surface area contributed by atoms with Crippen LogP contribution < -0.4 is 0 Å². The van der Waals surface area contributed by atoms with Crippen LogP contribution >= 0.6 is 22.6 Å². The van der Waals surface area contributed by atoms with Crippen molar-refractivity contribution in [2.45, 2.75) is 0 Å². The van der Waals surface area contributed by atoms with E-state index < -0.39 is 5.97 Å². The van der Waals surface area contributed by atoms with Crippen molar-refractivity contribution in [2.75, 3.05) is 0 Å². The van der Waals surface area contributed by atoms with Crippen LogP contribution in [0.4, 0.5) is 0 Å². The van der Waals surface area contributed by atoms with Crippen molar-refractivity contribution in [2.24, 2.45) is 4.99 Å². The van der Waals surface area contributed by atoms with Crippen molar-refractivity contribution in [3.05, 3.63) is 63.3 Å². The summed E-state index contributed by atoms with van der Waals surface area (Å²) in [5, 5.41) is 0. The summed E-state index contributed by atoms with van der Waals surface area (Å²) >= 11 is 2.21. The van der Waals surface area contributed by atoms with Gasteiger partial charge in [-0.05, 0) is 59.0 Å². The van der Waals surface area contributed by atoms with E-state index in [9.17, 15) is 4.79 Å². The van der Waals surface area contributed by atoms with Crippen LogP contribution in [0.3, 0.4) is 0 Å². The number of carbonyl (C=O) groups is 1.